The van der Waals surface area contributed by atoms with Crippen LogP contribution in [0.3, 0.4) is 0 Å². The van der Waals surface area contributed by atoms with Crippen LogP contribution >= 0.6 is 11.8 Å². The summed E-state index contributed by atoms with van der Waals surface area (Å²) in [7, 11) is 0. The number of amides is 4. The second-order valence-corrected chi connectivity index (χ2v) is 6.73. The number of para-hydroxylation sites is 1. The average molecular weight is 390 g/mol. The summed E-state index contributed by atoms with van der Waals surface area (Å²) in [5.74, 6) is -2.04. The maximum Gasteiger partial charge on any atom is 0.325 e. The number of pyridine rings is 1. The highest BCUT2D eigenvalue weighted by atomic mass is 32.2. The molecule has 2 aromatic rings. The molecule has 0 aliphatic heterocycles. The lowest BCUT2D eigenvalue weighted by Gasteiger charge is -2.13. The van der Waals surface area contributed by atoms with Gasteiger partial charge in [0.15, 0.2) is 0 Å². The SMILES string of the molecule is Cc1nc(SCC(=O)NC(=O)Nc2ccccc2F)c(C(N)=O)c(C)c1C. The zero-order valence-electron chi connectivity index (χ0n) is 15.1. The van der Waals surface area contributed by atoms with Gasteiger partial charge in [0.25, 0.3) is 5.91 Å². The van der Waals surface area contributed by atoms with Crippen LogP contribution in [0.5, 0.6) is 0 Å². The highest BCUT2D eigenvalue weighted by Gasteiger charge is 2.19. The predicted octanol–water partition coefficient (Wildman–Crippen LogP) is 2.69. The van der Waals surface area contributed by atoms with Gasteiger partial charge in [-0.05, 0) is 44.0 Å². The number of imide groups is 1. The molecule has 27 heavy (non-hydrogen) atoms. The van der Waals surface area contributed by atoms with E-state index in [0.717, 1.165) is 23.0 Å². The number of primary amides is 1. The molecule has 1 aromatic carbocycles. The maximum absolute atomic E-state index is 13.5. The second-order valence-electron chi connectivity index (χ2n) is 5.76. The molecular formula is C18H19FN4O3S. The summed E-state index contributed by atoms with van der Waals surface area (Å²) in [6.45, 7) is 5.38. The number of benzene rings is 1. The fraction of sp³-hybridized carbons (Fsp3) is 0.222. The summed E-state index contributed by atoms with van der Waals surface area (Å²) in [5.41, 5.74) is 7.91. The fourth-order valence-electron chi connectivity index (χ4n) is 2.32. The molecule has 1 aromatic heterocycles. The van der Waals surface area contributed by atoms with Gasteiger partial charge >= 0.3 is 6.03 Å². The van der Waals surface area contributed by atoms with Crippen molar-refractivity contribution in [2.24, 2.45) is 5.73 Å². The zero-order chi connectivity index (χ0) is 20.1. The van der Waals surface area contributed by atoms with Gasteiger partial charge in [0.05, 0.1) is 17.0 Å². The number of aryl methyl sites for hydroxylation is 1. The van der Waals surface area contributed by atoms with E-state index in [1.54, 1.807) is 19.9 Å². The first kappa shape index (κ1) is 20.4. The van der Waals surface area contributed by atoms with Crippen molar-refractivity contribution in [3.63, 3.8) is 0 Å². The van der Waals surface area contributed by atoms with Gasteiger partial charge in [-0.1, -0.05) is 23.9 Å². The molecule has 2 rings (SSSR count). The third-order valence-corrected chi connectivity index (χ3v) is 4.90. The monoisotopic (exact) mass is 390 g/mol. The van der Waals surface area contributed by atoms with Crippen LogP contribution in [0.2, 0.25) is 0 Å². The lowest BCUT2D eigenvalue weighted by Crippen LogP contribution is -2.35. The highest BCUT2D eigenvalue weighted by molar-refractivity contribution is 8.00. The molecule has 4 N–H and O–H groups in total. The highest BCUT2D eigenvalue weighted by Crippen LogP contribution is 2.26. The maximum atomic E-state index is 13.5. The van der Waals surface area contributed by atoms with Gasteiger partial charge in [0.2, 0.25) is 5.91 Å². The van der Waals surface area contributed by atoms with Crippen molar-refractivity contribution in [2.75, 3.05) is 11.1 Å². The first-order chi connectivity index (χ1) is 12.7. The van der Waals surface area contributed by atoms with Crippen LogP contribution in [0.4, 0.5) is 14.9 Å². The number of nitrogens with two attached hydrogens (primary N) is 1. The number of anilines is 1. The molecule has 0 saturated heterocycles. The van der Waals surface area contributed by atoms with Crippen molar-refractivity contribution >= 4 is 35.3 Å². The molecule has 0 fully saturated rings. The number of hydrogen-bond donors (Lipinski definition) is 3. The van der Waals surface area contributed by atoms with E-state index in [4.69, 9.17) is 5.73 Å². The van der Waals surface area contributed by atoms with Gasteiger partial charge in [-0.3, -0.25) is 14.9 Å². The molecular weight excluding hydrogens is 371 g/mol. The number of rotatable bonds is 5. The summed E-state index contributed by atoms with van der Waals surface area (Å²) < 4.78 is 13.5. The Morgan fingerprint density at radius 2 is 1.81 bits per heavy atom. The van der Waals surface area contributed by atoms with Gasteiger partial charge < -0.3 is 11.1 Å². The van der Waals surface area contributed by atoms with Gasteiger partial charge in [-0.15, -0.1) is 0 Å². The van der Waals surface area contributed by atoms with Crippen LogP contribution in [0.15, 0.2) is 29.3 Å². The van der Waals surface area contributed by atoms with Crippen molar-refractivity contribution in [3.8, 4) is 0 Å². The Balaban J connectivity index is 2.02. The Morgan fingerprint density at radius 3 is 2.44 bits per heavy atom. The van der Waals surface area contributed by atoms with Gasteiger partial charge in [0, 0.05) is 5.69 Å². The van der Waals surface area contributed by atoms with Crippen molar-refractivity contribution in [1.82, 2.24) is 10.3 Å². The number of hydrogen-bond acceptors (Lipinski definition) is 5. The number of carbonyl (C=O) groups is 3. The number of nitrogens with zero attached hydrogens (tertiary/aromatic N) is 1. The summed E-state index contributed by atoms with van der Waals surface area (Å²) in [6.07, 6.45) is 0. The minimum absolute atomic E-state index is 0.0436. The first-order valence-corrected chi connectivity index (χ1v) is 8.95. The number of urea groups is 1. The Kier molecular flexibility index (Phi) is 6.51. The molecule has 0 bridgehead atoms. The Labute approximate surface area is 159 Å². The molecule has 0 saturated carbocycles. The van der Waals surface area contributed by atoms with E-state index >= 15 is 0 Å². The van der Waals surface area contributed by atoms with Crippen molar-refractivity contribution in [1.29, 1.82) is 0 Å². The summed E-state index contributed by atoms with van der Waals surface area (Å²) in [6, 6.07) is 4.73. The molecule has 0 radical (unpaired) electrons. The van der Waals surface area contributed by atoms with Crippen LogP contribution in [0.25, 0.3) is 0 Å². The third kappa shape index (κ3) is 5.04. The van der Waals surface area contributed by atoms with Crippen molar-refractivity contribution in [2.45, 2.75) is 25.8 Å². The standard InChI is InChI=1S/C18H19FN4O3S/c1-9-10(2)15(16(20)25)17(21-11(9)3)27-8-14(24)23-18(26)22-13-7-5-4-6-12(13)19/h4-7H,8H2,1-3H3,(H2,20,25)(H2,22,23,24,26). The number of aromatic nitrogens is 1. The van der Waals surface area contributed by atoms with Crippen LogP contribution in [0, 0.1) is 26.6 Å². The molecule has 0 atom stereocenters. The zero-order valence-corrected chi connectivity index (χ0v) is 15.9. The largest absolute Gasteiger partial charge is 0.366 e. The molecule has 0 aliphatic rings. The van der Waals surface area contributed by atoms with Crippen LogP contribution in [-0.2, 0) is 4.79 Å². The third-order valence-electron chi connectivity index (χ3n) is 3.92. The van der Waals surface area contributed by atoms with E-state index in [-0.39, 0.29) is 17.0 Å². The molecule has 4 amide bonds. The van der Waals surface area contributed by atoms with Crippen LogP contribution in [-0.4, -0.2) is 28.6 Å². The minimum atomic E-state index is -0.856. The summed E-state index contributed by atoms with van der Waals surface area (Å²) >= 11 is 0.994. The predicted molar refractivity (Wildman–Crippen MR) is 101 cm³/mol. The number of carbonyl (C=O) groups excluding carboxylic acids is 3. The normalized spacial score (nSPS) is 10.4. The van der Waals surface area contributed by atoms with Crippen molar-refractivity contribution < 1.29 is 18.8 Å². The lowest BCUT2D eigenvalue weighted by atomic mass is 10.0. The molecule has 7 nitrogen and oxygen atoms in total. The summed E-state index contributed by atoms with van der Waals surface area (Å²) in [4.78, 5) is 39.8. The first-order valence-electron chi connectivity index (χ1n) is 7.96. The van der Waals surface area contributed by atoms with E-state index in [9.17, 15) is 18.8 Å². The number of halogens is 1. The quantitative estimate of drug-likeness (QED) is 0.679. The van der Waals surface area contributed by atoms with Gasteiger partial charge in [-0.25, -0.2) is 14.2 Å². The topological polar surface area (TPSA) is 114 Å². The molecule has 1 heterocycles. The van der Waals surface area contributed by atoms with Gasteiger partial charge in [-0.2, -0.15) is 0 Å². The number of thioether (sulfide) groups is 1. The molecule has 0 aliphatic carbocycles. The Hall–Kier alpha value is -2.94. The Bertz CT molecular complexity index is 918. The minimum Gasteiger partial charge on any atom is -0.366 e. The smallest absolute Gasteiger partial charge is 0.325 e. The average Bonchev–Trinajstić information content (AvgIpc) is 2.59. The number of nitrogens with one attached hydrogen (secondary N) is 2. The van der Waals surface area contributed by atoms with E-state index in [1.807, 2.05) is 6.92 Å². The van der Waals surface area contributed by atoms with Crippen LogP contribution < -0.4 is 16.4 Å². The van der Waals surface area contributed by atoms with E-state index in [1.165, 1.54) is 18.2 Å². The Morgan fingerprint density at radius 1 is 1.15 bits per heavy atom. The molecule has 9 heteroatoms. The molecule has 142 valence electrons. The molecule has 0 spiro atoms. The van der Waals surface area contributed by atoms with E-state index in [2.05, 4.69) is 15.6 Å². The van der Waals surface area contributed by atoms with E-state index < -0.39 is 23.7 Å². The molecule has 0 unspecified atom stereocenters. The fourth-order valence-corrected chi connectivity index (χ4v) is 3.26. The summed E-state index contributed by atoms with van der Waals surface area (Å²) in [5, 5.41) is 4.67. The van der Waals surface area contributed by atoms with Crippen LogP contribution in [0.1, 0.15) is 27.2 Å². The second kappa shape index (κ2) is 8.63. The van der Waals surface area contributed by atoms with Gasteiger partial charge in [0.1, 0.15) is 10.8 Å². The van der Waals surface area contributed by atoms with Crippen molar-refractivity contribution in [3.05, 3.63) is 52.5 Å². The lowest BCUT2D eigenvalue weighted by molar-refractivity contribution is -0.117. The van der Waals surface area contributed by atoms with E-state index in [0.29, 0.717) is 10.6 Å².